The summed E-state index contributed by atoms with van der Waals surface area (Å²) in [6.07, 6.45) is 2.05. The van der Waals surface area contributed by atoms with Gasteiger partial charge in [0.15, 0.2) is 0 Å². The Kier molecular flexibility index (Phi) is 3.93. The minimum absolute atomic E-state index is 0.153. The molecule has 1 unspecified atom stereocenters. The molecule has 0 saturated heterocycles. The molecular formula is C11H16N4O2S. The van der Waals surface area contributed by atoms with Crippen molar-refractivity contribution in [2.24, 2.45) is 5.73 Å². The second-order valence-electron chi connectivity index (χ2n) is 4.31. The molecule has 1 aliphatic rings. The fourth-order valence-corrected chi connectivity index (χ4v) is 2.05. The number of amides is 2. The summed E-state index contributed by atoms with van der Waals surface area (Å²) in [4.78, 5) is 27.5. The molecule has 1 saturated carbocycles. The average molecular weight is 268 g/mol. The summed E-state index contributed by atoms with van der Waals surface area (Å²) in [6, 6.07) is -0.263. The van der Waals surface area contributed by atoms with Gasteiger partial charge in [0.05, 0.1) is 0 Å². The Morgan fingerprint density at radius 3 is 2.89 bits per heavy atom. The molecule has 98 valence electrons. The van der Waals surface area contributed by atoms with Crippen LogP contribution in [-0.4, -0.2) is 28.9 Å². The molecule has 2 amide bonds. The van der Waals surface area contributed by atoms with Crippen LogP contribution in [0.5, 0.6) is 0 Å². The minimum Gasteiger partial charge on any atom is -0.352 e. The Bertz CT molecular complexity index is 456. The van der Waals surface area contributed by atoms with E-state index in [1.807, 2.05) is 0 Å². The van der Waals surface area contributed by atoms with Crippen molar-refractivity contribution in [2.45, 2.75) is 38.4 Å². The van der Waals surface area contributed by atoms with Crippen molar-refractivity contribution in [3.8, 4) is 0 Å². The smallest absolute Gasteiger partial charge is 0.271 e. The van der Waals surface area contributed by atoms with Crippen LogP contribution in [0.15, 0.2) is 5.38 Å². The molecule has 0 spiro atoms. The van der Waals surface area contributed by atoms with Crippen molar-refractivity contribution in [3.05, 3.63) is 16.1 Å². The molecule has 0 aliphatic heterocycles. The van der Waals surface area contributed by atoms with Crippen LogP contribution in [0, 0.1) is 0 Å². The topological polar surface area (TPSA) is 97.1 Å². The first-order valence-corrected chi connectivity index (χ1v) is 6.74. The van der Waals surface area contributed by atoms with Gasteiger partial charge in [-0.1, -0.05) is 0 Å². The van der Waals surface area contributed by atoms with Crippen LogP contribution in [0.25, 0.3) is 0 Å². The zero-order chi connectivity index (χ0) is 13.1. The standard InChI is InChI=1S/C11H16N4O2S/c1-6(10(16)14-7-2-3-7)13-11(17)8-5-18-9(4-12)15-8/h5-7H,2-4,12H2,1H3,(H,13,17)(H,14,16). The molecule has 0 radical (unpaired) electrons. The predicted molar refractivity (Wildman–Crippen MR) is 68.1 cm³/mol. The molecule has 1 atom stereocenters. The van der Waals surface area contributed by atoms with Crippen LogP contribution >= 0.6 is 11.3 Å². The lowest BCUT2D eigenvalue weighted by Gasteiger charge is -2.12. The van der Waals surface area contributed by atoms with Gasteiger partial charge in [-0.05, 0) is 19.8 Å². The molecule has 7 heteroatoms. The van der Waals surface area contributed by atoms with Gasteiger partial charge in [-0.2, -0.15) is 0 Å². The number of carbonyl (C=O) groups is 2. The summed E-state index contributed by atoms with van der Waals surface area (Å²) in [5.74, 6) is -0.496. The van der Waals surface area contributed by atoms with E-state index >= 15 is 0 Å². The molecule has 4 N–H and O–H groups in total. The normalized spacial score (nSPS) is 16.1. The highest BCUT2D eigenvalue weighted by Gasteiger charge is 2.26. The molecule has 1 aromatic rings. The Hall–Kier alpha value is -1.47. The highest BCUT2D eigenvalue weighted by molar-refractivity contribution is 7.09. The Labute approximate surface area is 109 Å². The lowest BCUT2D eigenvalue weighted by atomic mass is 10.3. The summed E-state index contributed by atoms with van der Waals surface area (Å²) in [6.45, 7) is 1.97. The quantitative estimate of drug-likeness (QED) is 0.700. The number of nitrogens with one attached hydrogen (secondary N) is 2. The van der Waals surface area contributed by atoms with E-state index in [2.05, 4.69) is 15.6 Å². The fourth-order valence-electron chi connectivity index (χ4n) is 1.40. The first-order valence-electron chi connectivity index (χ1n) is 5.86. The second-order valence-corrected chi connectivity index (χ2v) is 5.25. The van der Waals surface area contributed by atoms with Crippen LogP contribution in [-0.2, 0) is 11.3 Å². The fraction of sp³-hybridized carbons (Fsp3) is 0.545. The summed E-state index contributed by atoms with van der Waals surface area (Å²) >= 11 is 1.34. The molecule has 1 fully saturated rings. The third kappa shape index (κ3) is 3.27. The molecule has 0 aromatic carbocycles. The van der Waals surface area contributed by atoms with Crippen molar-refractivity contribution < 1.29 is 9.59 Å². The molecule has 1 heterocycles. The molecule has 0 bridgehead atoms. The number of nitrogens with zero attached hydrogens (tertiary/aromatic N) is 1. The number of thiazole rings is 1. The van der Waals surface area contributed by atoms with Crippen LogP contribution in [0.2, 0.25) is 0 Å². The van der Waals surface area contributed by atoms with Gasteiger partial charge in [0.25, 0.3) is 5.91 Å². The van der Waals surface area contributed by atoms with E-state index in [-0.39, 0.29) is 11.8 Å². The molecule has 2 rings (SSSR count). The first-order chi connectivity index (χ1) is 8.60. The number of hydrogen-bond donors (Lipinski definition) is 3. The third-order valence-corrected chi connectivity index (χ3v) is 3.49. The van der Waals surface area contributed by atoms with Gasteiger partial charge in [-0.3, -0.25) is 9.59 Å². The van der Waals surface area contributed by atoms with Crippen molar-refractivity contribution in [1.82, 2.24) is 15.6 Å². The largest absolute Gasteiger partial charge is 0.352 e. The Morgan fingerprint density at radius 2 is 2.33 bits per heavy atom. The van der Waals surface area contributed by atoms with E-state index in [0.717, 1.165) is 12.8 Å². The zero-order valence-corrected chi connectivity index (χ0v) is 10.9. The lowest BCUT2D eigenvalue weighted by Crippen LogP contribution is -2.45. The predicted octanol–water partition coefficient (Wildman–Crippen LogP) is -0.00130. The maximum Gasteiger partial charge on any atom is 0.271 e. The van der Waals surface area contributed by atoms with Crippen LogP contribution < -0.4 is 16.4 Å². The number of rotatable bonds is 5. The zero-order valence-electron chi connectivity index (χ0n) is 10.1. The minimum atomic E-state index is -0.555. The van der Waals surface area contributed by atoms with Crippen LogP contribution in [0.3, 0.4) is 0 Å². The lowest BCUT2D eigenvalue weighted by molar-refractivity contribution is -0.122. The van der Waals surface area contributed by atoms with Gasteiger partial charge in [0.2, 0.25) is 5.91 Å². The van der Waals surface area contributed by atoms with Crippen LogP contribution in [0.4, 0.5) is 0 Å². The molecule has 1 aromatic heterocycles. The molecule has 18 heavy (non-hydrogen) atoms. The summed E-state index contributed by atoms with van der Waals surface area (Å²) in [7, 11) is 0. The first kappa shape index (κ1) is 13.0. The van der Waals surface area contributed by atoms with Crippen molar-refractivity contribution in [2.75, 3.05) is 0 Å². The maximum atomic E-state index is 11.8. The average Bonchev–Trinajstić information content (AvgIpc) is 3.03. The van der Waals surface area contributed by atoms with E-state index in [4.69, 9.17) is 5.73 Å². The Morgan fingerprint density at radius 1 is 1.61 bits per heavy atom. The number of aromatic nitrogens is 1. The number of nitrogens with two attached hydrogens (primary N) is 1. The summed E-state index contributed by atoms with van der Waals surface area (Å²) < 4.78 is 0. The molecule has 1 aliphatic carbocycles. The SMILES string of the molecule is CC(NC(=O)c1csc(CN)n1)C(=O)NC1CC1. The van der Waals surface area contributed by atoms with Gasteiger partial charge in [0, 0.05) is 18.0 Å². The second kappa shape index (κ2) is 5.45. The third-order valence-electron chi connectivity index (χ3n) is 2.62. The van der Waals surface area contributed by atoms with Gasteiger partial charge >= 0.3 is 0 Å². The molecule has 6 nitrogen and oxygen atoms in total. The van der Waals surface area contributed by atoms with E-state index < -0.39 is 6.04 Å². The van der Waals surface area contributed by atoms with E-state index in [0.29, 0.717) is 23.3 Å². The van der Waals surface area contributed by atoms with Crippen molar-refractivity contribution >= 4 is 23.2 Å². The molecular weight excluding hydrogens is 252 g/mol. The highest BCUT2D eigenvalue weighted by atomic mass is 32.1. The van der Waals surface area contributed by atoms with Crippen molar-refractivity contribution in [1.29, 1.82) is 0 Å². The highest BCUT2D eigenvalue weighted by Crippen LogP contribution is 2.18. The van der Waals surface area contributed by atoms with Crippen molar-refractivity contribution in [3.63, 3.8) is 0 Å². The van der Waals surface area contributed by atoms with Crippen LogP contribution in [0.1, 0.15) is 35.3 Å². The maximum absolute atomic E-state index is 11.8. The summed E-state index contributed by atoms with van der Waals surface area (Å²) in [5.41, 5.74) is 5.74. The number of hydrogen-bond acceptors (Lipinski definition) is 5. The Balaban J connectivity index is 1.87. The van der Waals surface area contributed by atoms with Gasteiger partial charge in [0.1, 0.15) is 16.7 Å². The van der Waals surface area contributed by atoms with E-state index in [1.165, 1.54) is 11.3 Å². The van der Waals surface area contributed by atoms with E-state index in [9.17, 15) is 9.59 Å². The van der Waals surface area contributed by atoms with Gasteiger partial charge in [-0.25, -0.2) is 4.98 Å². The monoisotopic (exact) mass is 268 g/mol. The number of carbonyl (C=O) groups excluding carboxylic acids is 2. The summed E-state index contributed by atoms with van der Waals surface area (Å²) in [5, 5.41) is 7.80. The van der Waals surface area contributed by atoms with Gasteiger partial charge in [-0.15, -0.1) is 11.3 Å². The van der Waals surface area contributed by atoms with E-state index in [1.54, 1.807) is 12.3 Å². The van der Waals surface area contributed by atoms with Gasteiger partial charge < -0.3 is 16.4 Å².